The smallest absolute Gasteiger partial charge is 0.326 e. The summed E-state index contributed by atoms with van der Waals surface area (Å²) in [6, 6.07) is 0.725. The van der Waals surface area contributed by atoms with Crippen molar-refractivity contribution in [3.63, 3.8) is 0 Å². The van der Waals surface area contributed by atoms with Gasteiger partial charge in [0.25, 0.3) is 0 Å². The number of nitrogens with one attached hydrogen (secondary N) is 6. The monoisotopic (exact) mass is 784 g/mol. The third-order valence-electron chi connectivity index (χ3n) is 10.6. The lowest BCUT2D eigenvalue weighted by Crippen LogP contribution is -2.61. The highest BCUT2D eigenvalue weighted by Gasteiger charge is 2.39. The lowest BCUT2D eigenvalue weighted by molar-refractivity contribution is -0.144. The van der Waals surface area contributed by atoms with Crippen molar-refractivity contribution in [1.82, 2.24) is 36.5 Å². The molecule has 10 N–H and O–H groups in total. The maximum Gasteiger partial charge on any atom is 0.326 e. The van der Waals surface area contributed by atoms with Crippen LogP contribution >= 0.6 is 0 Å². The number of H-pyrrole nitrogens is 1. The molecule has 310 valence electrons. The van der Waals surface area contributed by atoms with Crippen molar-refractivity contribution in [2.45, 2.75) is 122 Å². The van der Waals surface area contributed by atoms with Crippen molar-refractivity contribution in [3.8, 4) is 0 Å². The molecule has 56 heavy (non-hydrogen) atoms. The summed E-state index contributed by atoms with van der Waals surface area (Å²) in [4.78, 5) is 95.8. The summed E-state index contributed by atoms with van der Waals surface area (Å²) >= 11 is 0. The van der Waals surface area contributed by atoms with Gasteiger partial charge in [-0.1, -0.05) is 58.7 Å². The van der Waals surface area contributed by atoms with Gasteiger partial charge >= 0.3 is 5.97 Å². The summed E-state index contributed by atoms with van der Waals surface area (Å²) in [7, 11) is 0. The first-order valence-electron chi connectivity index (χ1n) is 19.5. The molecular formula is C39H60N8O9. The van der Waals surface area contributed by atoms with E-state index < -0.39 is 90.2 Å². The summed E-state index contributed by atoms with van der Waals surface area (Å²) in [6.07, 6.45) is 4.81. The molecule has 2 heterocycles. The van der Waals surface area contributed by atoms with E-state index in [0.29, 0.717) is 51.6 Å². The molecule has 0 radical (unpaired) electrons. The highest BCUT2D eigenvalue weighted by atomic mass is 16.4. The van der Waals surface area contributed by atoms with Gasteiger partial charge in [0.1, 0.15) is 30.2 Å². The van der Waals surface area contributed by atoms with E-state index in [1.54, 1.807) is 27.7 Å². The number of rotatable bonds is 22. The number of aromatic nitrogens is 1. The Kier molecular flexibility index (Phi) is 17.7. The largest absolute Gasteiger partial charge is 0.480 e. The molecule has 2 aromatic rings. The Morgan fingerprint density at radius 2 is 1.54 bits per heavy atom. The van der Waals surface area contributed by atoms with E-state index in [9.17, 15) is 43.8 Å². The Hall–Kier alpha value is -5.03. The minimum Gasteiger partial charge on any atom is -0.480 e. The summed E-state index contributed by atoms with van der Waals surface area (Å²) < 4.78 is 0. The van der Waals surface area contributed by atoms with Crippen LogP contribution in [0.1, 0.15) is 85.1 Å². The highest BCUT2D eigenvalue weighted by molar-refractivity contribution is 5.97. The second-order valence-electron chi connectivity index (χ2n) is 14.7. The van der Waals surface area contributed by atoms with Gasteiger partial charge in [-0.25, -0.2) is 4.79 Å². The van der Waals surface area contributed by atoms with Gasteiger partial charge in [-0.3, -0.25) is 28.8 Å². The molecule has 17 heteroatoms. The van der Waals surface area contributed by atoms with Crippen LogP contribution in [-0.4, -0.2) is 117 Å². The van der Waals surface area contributed by atoms with Crippen LogP contribution in [0, 0.1) is 11.8 Å². The van der Waals surface area contributed by atoms with Crippen LogP contribution in [0.2, 0.25) is 0 Å². The van der Waals surface area contributed by atoms with Gasteiger partial charge in [-0.05, 0) is 62.0 Å². The first-order chi connectivity index (χ1) is 26.6. The molecule has 3 rings (SSSR count). The molecule has 0 unspecified atom stereocenters. The number of para-hydroxylation sites is 1. The number of carbonyl (C=O) groups excluding carboxylic acids is 6. The maximum absolute atomic E-state index is 13.8. The third kappa shape index (κ3) is 12.5. The number of nitrogens with zero attached hydrogens (tertiary/aromatic N) is 1. The van der Waals surface area contributed by atoms with E-state index in [-0.39, 0.29) is 18.7 Å². The molecule has 1 aromatic carbocycles. The number of carboxylic acid groups (broad SMARTS) is 1. The number of unbranched alkanes of at least 4 members (excludes halogenated alkanes) is 1. The average Bonchev–Trinajstić information content (AvgIpc) is 3.84. The molecule has 0 spiro atoms. The van der Waals surface area contributed by atoms with Gasteiger partial charge < -0.3 is 52.4 Å². The molecule has 0 bridgehead atoms. The van der Waals surface area contributed by atoms with Crippen molar-refractivity contribution >= 4 is 52.3 Å². The Morgan fingerprint density at radius 3 is 2.18 bits per heavy atom. The summed E-state index contributed by atoms with van der Waals surface area (Å²) in [5, 5.41) is 33.8. The van der Waals surface area contributed by atoms with E-state index >= 15 is 0 Å². The van der Waals surface area contributed by atoms with E-state index in [4.69, 9.17) is 5.73 Å². The van der Waals surface area contributed by atoms with Crippen molar-refractivity contribution in [1.29, 1.82) is 0 Å². The van der Waals surface area contributed by atoms with E-state index in [0.717, 1.165) is 16.5 Å². The van der Waals surface area contributed by atoms with E-state index in [1.165, 1.54) is 11.8 Å². The average molecular weight is 785 g/mol. The Balaban J connectivity index is 1.73. The normalized spacial score (nSPS) is 17.8. The predicted octanol–water partition coefficient (Wildman–Crippen LogP) is 0.443. The van der Waals surface area contributed by atoms with Crippen molar-refractivity contribution < 1.29 is 43.8 Å². The molecule has 0 saturated carbocycles. The zero-order valence-corrected chi connectivity index (χ0v) is 33.1. The Morgan fingerprint density at radius 1 is 0.893 bits per heavy atom. The number of benzene rings is 1. The summed E-state index contributed by atoms with van der Waals surface area (Å²) in [5.41, 5.74) is 8.18. The number of nitrogens with two attached hydrogens (primary N) is 1. The second kappa shape index (κ2) is 21.9. The number of carbonyl (C=O) groups is 7. The van der Waals surface area contributed by atoms with Crippen LogP contribution in [0.3, 0.4) is 0 Å². The van der Waals surface area contributed by atoms with Crippen LogP contribution in [0.25, 0.3) is 10.9 Å². The maximum atomic E-state index is 13.8. The number of fused-ring (bicyclic) bond motifs is 1. The minimum absolute atomic E-state index is 0.0990. The van der Waals surface area contributed by atoms with Gasteiger partial charge in [-0.15, -0.1) is 0 Å². The highest BCUT2D eigenvalue weighted by Crippen LogP contribution is 2.23. The summed E-state index contributed by atoms with van der Waals surface area (Å²) in [5.74, 6) is -5.64. The number of aliphatic carboxylic acids is 1. The first-order valence-corrected chi connectivity index (χ1v) is 19.5. The lowest BCUT2D eigenvalue weighted by atomic mass is 9.95. The van der Waals surface area contributed by atoms with Crippen LogP contribution in [0.4, 0.5) is 0 Å². The zero-order chi connectivity index (χ0) is 41.5. The van der Waals surface area contributed by atoms with Gasteiger partial charge in [0, 0.05) is 37.1 Å². The molecule has 1 saturated heterocycles. The molecule has 1 aliphatic rings. The van der Waals surface area contributed by atoms with Crippen LogP contribution in [0.15, 0.2) is 30.5 Å². The van der Waals surface area contributed by atoms with Crippen molar-refractivity contribution in [2.75, 3.05) is 19.7 Å². The lowest BCUT2D eigenvalue weighted by Gasteiger charge is -2.30. The van der Waals surface area contributed by atoms with E-state index in [2.05, 4.69) is 31.6 Å². The minimum atomic E-state index is -1.53. The van der Waals surface area contributed by atoms with Gasteiger partial charge in [0.05, 0.1) is 12.6 Å². The fourth-order valence-electron chi connectivity index (χ4n) is 6.76. The SMILES string of the molecule is CC[C@H](C)[C@H](NC(=O)[C@@H](NC(=O)[C@H](CO)NC(=O)[C@H](CCCCNC(C)=O)NC(=O)[C@@H]1CCCN1C(=O)[C@@H](N)Cc1c[nH]c2ccccc12)[C@@H](C)CC)C(=O)O. The first kappa shape index (κ1) is 45.4. The molecule has 1 fully saturated rings. The number of aliphatic hydroxyl groups excluding tert-OH is 1. The molecule has 1 aromatic heterocycles. The van der Waals surface area contributed by atoms with Gasteiger partial charge in [-0.2, -0.15) is 0 Å². The Bertz CT molecular complexity index is 1680. The van der Waals surface area contributed by atoms with Crippen molar-refractivity contribution in [3.05, 3.63) is 36.0 Å². The van der Waals surface area contributed by atoms with Crippen molar-refractivity contribution in [2.24, 2.45) is 17.6 Å². The van der Waals surface area contributed by atoms with Crippen LogP contribution in [0.5, 0.6) is 0 Å². The fourth-order valence-corrected chi connectivity index (χ4v) is 6.76. The molecule has 1 aliphatic heterocycles. The number of carboxylic acids is 1. The number of hydrogen-bond acceptors (Lipinski definition) is 9. The predicted molar refractivity (Wildman–Crippen MR) is 209 cm³/mol. The number of aromatic amines is 1. The fraction of sp³-hybridized carbons (Fsp3) is 0.615. The number of likely N-dealkylation sites (tertiary alicyclic amines) is 1. The summed E-state index contributed by atoms with van der Waals surface area (Å²) in [6.45, 7) is 8.14. The molecular weight excluding hydrogens is 724 g/mol. The number of amides is 6. The molecule has 0 aliphatic carbocycles. The zero-order valence-electron chi connectivity index (χ0n) is 33.1. The van der Waals surface area contributed by atoms with Gasteiger partial charge in [0.15, 0.2) is 0 Å². The van der Waals surface area contributed by atoms with Gasteiger partial charge in [0.2, 0.25) is 35.4 Å². The van der Waals surface area contributed by atoms with Crippen LogP contribution < -0.4 is 32.3 Å². The standard InChI is InChI=1S/C39H60N8O9/c1-6-22(3)32(37(53)46-33(39(55)56)23(4)7-2)45-35(51)30(21-48)44-34(50)29(15-10-11-17-41-24(5)49)43-36(52)31-16-12-18-47(31)38(54)27(40)19-25-20-42-28-14-9-8-13-26(25)28/h8-9,13-14,20,22-23,27,29-33,42,48H,6-7,10-12,15-19,21,40H2,1-5H3,(H,41,49)(H,43,52)(H,44,50)(H,45,51)(H,46,53)(H,55,56)/t22-,23-,27-,29-,30-,31-,32-,33-/m0/s1. The molecule has 8 atom stereocenters. The van der Waals surface area contributed by atoms with E-state index in [1.807, 2.05) is 30.5 Å². The quantitative estimate of drug-likeness (QED) is 0.0744. The van der Waals surface area contributed by atoms with Crippen LogP contribution in [-0.2, 0) is 40.0 Å². The molecule has 17 nitrogen and oxygen atoms in total. The molecule has 6 amide bonds. The Labute approximate surface area is 327 Å². The number of aliphatic hydroxyl groups is 1. The third-order valence-corrected chi connectivity index (χ3v) is 10.6. The topological polar surface area (TPSA) is 265 Å². The number of hydrogen-bond donors (Lipinski definition) is 9. The second-order valence-corrected chi connectivity index (χ2v) is 14.7.